The molecular weight excluding hydrogens is 498 g/mol. The van der Waals surface area contributed by atoms with Crippen molar-refractivity contribution in [3.8, 4) is 0 Å². The third kappa shape index (κ3) is 49.6. The summed E-state index contributed by atoms with van der Waals surface area (Å²) in [5.41, 5.74) is 0. The predicted octanol–water partition coefficient (Wildman–Crippen LogP) is 2.43. The van der Waals surface area contributed by atoms with Crippen molar-refractivity contribution in [3.63, 3.8) is 0 Å². The molecule has 0 aromatic carbocycles. The normalized spacial score (nSPS) is 10.8. The molecule has 3 N–H and O–H groups in total. The van der Waals surface area contributed by atoms with Gasteiger partial charge in [-0.05, 0) is 6.42 Å². The second kappa shape index (κ2) is 21.2. The van der Waals surface area contributed by atoms with E-state index in [-0.39, 0.29) is 71.8 Å². The molecule has 0 aliphatic carbocycles. The van der Waals surface area contributed by atoms with Crippen molar-refractivity contribution in [2.45, 2.75) is 71.1 Å². The summed E-state index contributed by atoms with van der Waals surface area (Å²) in [4.78, 5) is 0. The van der Waals surface area contributed by atoms with E-state index < -0.39 is 20.8 Å². The molecule has 0 aromatic heterocycles. The molecule has 0 saturated heterocycles. The van der Waals surface area contributed by atoms with Gasteiger partial charge in [0.1, 0.15) is 0 Å². The van der Waals surface area contributed by atoms with Crippen LogP contribution < -0.4 is 0 Å². The first-order valence-corrected chi connectivity index (χ1v) is 10.1. The van der Waals surface area contributed by atoms with Gasteiger partial charge >= 0.3 is 50.4 Å². The molecule has 141 valence electrons. The third-order valence-corrected chi connectivity index (χ3v) is 3.19. The fraction of sp³-hybridized carbons (Fsp3) is 1.00. The van der Waals surface area contributed by atoms with E-state index in [2.05, 4.69) is 11.1 Å². The zero-order valence-electron chi connectivity index (χ0n) is 13.6. The second-order valence-electron chi connectivity index (χ2n) is 4.88. The van der Waals surface area contributed by atoms with Gasteiger partial charge in [0.05, 0.1) is 6.61 Å². The van der Waals surface area contributed by atoms with Crippen molar-refractivity contribution in [2.75, 3.05) is 6.61 Å². The first-order valence-electron chi connectivity index (χ1n) is 7.38. The molecule has 1 radical (unpaired) electrons. The van der Waals surface area contributed by atoms with E-state index in [4.69, 9.17) is 22.1 Å². The first kappa shape index (κ1) is 33.5. The van der Waals surface area contributed by atoms with Crippen LogP contribution >= 0.6 is 0 Å². The van der Waals surface area contributed by atoms with Gasteiger partial charge in [0, 0.05) is 35.6 Å². The Hall–Kier alpha value is 1.93. The zero-order chi connectivity index (χ0) is 17.5. The molecule has 0 atom stereocenters. The number of unbranched alkanes of at least 4 members (excludes halogenated alkanes) is 9. The number of hydrogen-bond acceptors (Lipinski definition) is 5. The fourth-order valence-electron chi connectivity index (χ4n) is 1.75. The average Bonchev–Trinajstić information content (AvgIpc) is 2.32. The van der Waals surface area contributed by atoms with Gasteiger partial charge in [-0.25, -0.2) is 4.18 Å². The van der Waals surface area contributed by atoms with Crippen molar-refractivity contribution in [1.29, 1.82) is 0 Å². The zero-order valence-corrected chi connectivity index (χ0v) is 18.8. The van der Waals surface area contributed by atoms with Crippen LogP contribution in [0.1, 0.15) is 71.1 Å². The van der Waals surface area contributed by atoms with Gasteiger partial charge in [-0.2, -0.15) is 16.8 Å². The molecule has 0 aliphatic rings. The van der Waals surface area contributed by atoms with E-state index in [1.165, 1.54) is 44.9 Å². The third-order valence-electron chi connectivity index (χ3n) is 2.73. The summed E-state index contributed by atoms with van der Waals surface area (Å²) >= 11 is 0. The Labute approximate surface area is 196 Å². The summed E-state index contributed by atoms with van der Waals surface area (Å²) < 4.78 is 64.6. The van der Waals surface area contributed by atoms with Crippen molar-refractivity contribution < 1.29 is 70.3 Å². The average molecular weight is 527 g/mol. The molecule has 0 bridgehead atoms. The molecular formula is C12H29LaNaO8S2. The molecule has 0 unspecified atom stereocenters. The molecule has 0 heterocycles. The molecule has 0 rings (SSSR count). The van der Waals surface area contributed by atoms with Gasteiger partial charge in [-0.15, -0.1) is 0 Å². The standard InChI is InChI=1S/C12H26O4S.La.Na.H2O4S.H/c1-2-3-4-5-6-7-8-9-10-11-12-16-17(13,14)15;;;1-5(2,3)4;/h2-12H2,1H3,(H,13,14,15);;;(H2,1,2,3,4);. The van der Waals surface area contributed by atoms with Gasteiger partial charge in [0.2, 0.25) is 0 Å². The van der Waals surface area contributed by atoms with Crippen molar-refractivity contribution >= 4 is 50.4 Å². The molecule has 0 aromatic rings. The van der Waals surface area contributed by atoms with E-state index >= 15 is 0 Å². The Morgan fingerprint density at radius 1 is 0.708 bits per heavy atom. The van der Waals surface area contributed by atoms with Gasteiger partial charge < -0.3 is 0 Å². The second-order valence-corrected chi connectivity index (χ2v) is 6.87. The molecule has 24 heavy (non-hydrogen) atoms. The van der Waals surface area contributed by atoms with Crippen molar-refractivity contribution in [2.24, 2.45) is 0 Å². The van der Waals surface area contributed by atoms with E-state index in [1.54, 1.807) is 0 Å². The molecule has 0 fully saturated rings. The number of rotatable bonds is 12. The van der Waals surface area contributed by atoms with Gasteiger partial charge in [-0.1, -0.05) is 64.7 Å². The SMILES string of the molecule is CCCCCCCCCCCCOS(=O)(=O)O.O=S(=O)(O)O.[La].[NaH]. The Morgan fingerprint density at radius 2 is 1.00 bits per heavy atom. The topological polar surface area (TPSA) is 138 Å². The first-order chi connectivity index (χ1) is 10.1. The van der Waals surface area contributed by atoms with Crippen LogP contribution in [0.25, 0.3) is 0 Å². The maximum absolute atomic E-state index is 10.2. The van der Waals surface area contributed by atoms with Crippen LogP contribution in [0.15, 0.2) is 0 Å². The van der Waals surface area contributed by atoms with E-state index in [1.807, 2.05) is 0 Å². The maximum atomic E-state index is 10.2. The Bertz CT molecular complexity index is 434. The molecule has 12 heteroatoms. The Kier molecular flexibility index (Phi) is 29.7. The predicted molar refractivity (Wildman–Crippen MR) is 90.7 cm³/mol. The summed E-state index contributed by atoms with van der Waals surface area (Å²) in [6, 6.07) is 0. The van der Waals surface area contributed by atoms with Crippen LogP contribution in [-0.4, -0.2) is 66.7 Å². The summed E-state index contributed by atoms with van der Waals surface area (Å²) in [5, 5.41) is 0. The monoisotopic (exact) mass is 527 g/mol. The van der Waals surface area contributed by atoms with Crippen LogP contribution in [0, 0.1) is 35.6 Å². The summed E-state index contributed by atoms with van der Waals surface area (Å²) in [6.07, 6.45) is 11.9. The van der Waals surface area contributed by atoms with Gasteiger partial charge in [0.15, 0.2) is 0 Å². The molecule has 0 saturated carbocycles. The van der Waals surface area contributed by atoms with E-state index in [0.717, 1.165) is 12.8 Å². The van der Waals surface area contributed by atoms with Crippen LogP contribution in [0.2, 0.25) is 0 Å². The van der Waals surface area contributed by atoms with Crippen LogP contribution in [0.5, 0.6) is 0 Å². The fourth-order valence-corrected chi connectivity index (χ4v) is 2.08. The van der Waals surface area contributed by atoms with E-state index in [9.17, 15) is 8.42 Å². The van der Waals surface area contributed by atoms with Crippen LogP contribution in [-0.2, 0) is 25.0 Å². The van der Waals surface area contributed by atoms with E-state index in [0.29, 0.717) is 6.42 Å². The summed E-state index contributed by atoms with van der Waals surface area (Å²) in [6.45, 7) is 2.31. The minimum atomic E-state index is -4.67. The van der Waals surface area contributed by atoms with Crippen molar-refractivity contribution in [1.82, 2.24) is 0 Å². The van der Waals surface area contributed by atoms with Gasteiger partial charge in [0.25, 0.3) is 0 Å². The van der Waals surface area contributed by atoms with Crippen molar-refractivity contribution in [3.05, 3.63) is 0 Å². The Morgan fingerprint density at radius 3 is 1.29 bits per heavy atom. The molecule has 8 nitrogen and oxygen atoms in total. The molecule has 0 aliphatic heterocycles. The quantitative estimate of drug-likeness (QED) is 0.200. The van der Waals surface area contributed by atoms with Crippen LogP contribution in [0.4, 0.5) is 0 Å². The summed E-state index contributed by atoms with van der Waals surface area (Å²) in [7, 11) is -8.90. The molecule has 0 amide bonds. The minimum absolute atomic E-state index is 0. The van der Waals surface area contributed by atoms with Gasteiger partial charge in [-0.3, -0.25) is 13.7 Å². The molecule has 0 spiro atoms. The number of hydrogen-bond donors (Lipinski definition) is 3. The Balaban J connectivity index is -0.000000250. The van der Waals surface area contributed by atoms with Crippen LogP contribution in [0.3, 0.4) is 0 Å². The summed E-state index contributed by atoms with van der Waals surface area (Å²) in [5.74, 6) is 0.